The molecule has 0 spiro atoms. The van der Waals surface area contributed by atoms with Crippen LogP contribution in [-0.2, 0) is 24.5 Å². The van der Waals surface area contributed by atoms with Crippen LogP contribution in [0.2, 0.25) is 0 Å². The Balaban J connectivity index is 1.35. The van der Waals surface area contributed by atoms with Gasteiger partial charge in [-0.2, -0.15) is 0 Å². The number of benzene rings is 5. The Morgan fingerprint density at radius 3 is 2.20 bits per heavy atom. The van der Waals surface area contributed by atoms with Crippen LogP contribution < -0.4 is 14.8 Å². The number of para-hydroxylation sites is 1. The molecule has 1 N–H and O–H groups in total. The summed E-state index contributed by atoms with van der Waals surface area (Å²) in [6, 6.07) is 40.6. The van der Waals surface area contributed by atoms with E-state index in [2.05, 4.69) is 28.2 Å². The number of hydrogen-bond donors (Lipinski definition) is 1. The number of nitrogens with one attached hydrogen (secondary N) is 1. The van der Waals surface area contributed by atoms with Crippen molar-refractivity contribution in [1.29, 1.82) is 0 Å². The van der Waals surface area contributed by atoms with Crippen molar-refractivity contribution in [3.8, 4) is 11.5 Å². The molecule has 5 aromatic carbocycles. The number of nitrogens with zero attached hydrogens (tertiary/aromatic N) is 1. The van der Waals surface area contributed by atoms with Gasteiger partial charge in [0.1, 0.15) is 12.4 Å². The fraction of sp³-hybridized carbons (Fsp3) is 0.154. The number of halogens is 1. The number of ether oxygens (including phenoxy) is 2. The van der Waals surface area contributed by atoms with Crippen LogP contribution in [-0.4, -0.2) is 17.6 Å². The Bertz CT molecular complexity index is 1870. The van der Waals surface area contributed by atoms with Gasteiger partial charge in [0.05, 0.1) is 7.11 Å². The van der Waals surface area contributed by atoms with E-state index < -0.39 is 0 Å². The molecule has 0 saturated carbocycles. The quantitative estimate of drug-likeness (QED) is 0.154. The lowest BCUT2D eigenvalue weighted by molar-refractivity contribution is -0.121. The third-order valence-corrected chi connectivity index (χ3v) is 8.01. The molecule has 5 nitrogen and oxygen atoms in total. The highest BCUT2D eigenvalue weighted by Gasteiger charge is 2.24. The number of rotatable bonds is 12. The Morgan fingerprint density at radius 2 is 1.47 bits per heavy atom. The lowest BCUT2D eigenvalue weighted by atomic mass is 9.87. The maximum absolute atomic E-state index is 13.6. The zero-order valence-corrected chi connectivity index (χ0v) is 25.2. The molecule has 0 fully saturated rings. The van der Waals surface area contributed by atoms with Crippen LogP contribution in [0.15, 0.2) is 134 Å². The minimum absolute atomic E-state index is 0.0532. The molecule has 0 aliphatic carbocycles. The Morgan fingerprint density at radius 1 is 0.778 bits per heavy atom. The maximum atomic E-state index is 13.6. The number of carbonyl (C=O) groups excluding carboxylic acids is 1. The summed E-state index contributed by atoms with van der Waals surface area (Å²) >= 11 is 0. The number of carbonyl (C=O) groups is 1. The van der Waals surface area contributed by atoms with E-state index in [9.17, 15) is 9.18 Å². The predicted molar refractivity (Wildman–Crippen MR) is 176 cm³/mol. The normalized spacial score (nSPS) is 11.7. The first-order chi connectivity index (χ1) is 22.1. The van der Waals surface area contributed by atoms with E-state index in [0.29, 0.717) is 31.2 Å². The van der Waals surface area contributed by atoms with E-state index in [1.54, 1.807) is 19.2 Å². The maximum Gasteiger partial charge on any atom is 0.221 e. The fourth-order valence-corrected chi connectivity index (χ4v) is 5.69. The van der Waals surface area contributed by atoms with Gasteiger partial charge in [-0.15, -0.1) is 0 Å². The second-order valence-electron chi connectivity index (χ2n) is 11.1. The van der Waals surface area contributed by atoms with Gasteiger partial charge in [0.2, 0.25) is 5.91 Å². The molecule has 6 rings (SSSR count). The van der Waals surface area contributed by atoms with Crippen LogP contribution in [0.25, 0.3) is 10.9 Å². The number of amides is 1. The van der Waals surface area contributed by atoms with Crippen molar-refractivity contribution in [2.75, 3.05) is 7.11 Å². The molecule has 0 bridgehead atoms. The average molecular weight is 599 g/mol. The summed E-state index contributed by atoms with van der Waals surface area (Å²) in [5.74, 6) is 0.660. The minimum Gasteiger partial charge on any atom is -0.493 e. The topological polar surface area (TPSA) is 52.5 Å². The van der Waals surface area contributed by atoms with Crippen LogP contribution in [0.5, 0.6) is 11.5 Å². The molecular formula is C39H35FN2O3. The minimum atomic E-state index is -0.266. The van der Waals surface area contributed by atoms with Gasteiger partial charge in [0.15, 0.2) is 11.5 Å². The van der Waals surface area contributed by atoms with E-state index in [1.807, 2.05) is 91.0 Å². The summed E-state index contributed by atoms with van der Waals surface area (Å²) in [4.78, 5) is 13.5. The summed E-state index contributed by atoms with van der Waals surface area (Å²) in [5, 5.41) is 4.17. The molecule has 6 aromatic rings. The van der Waals surface area contributed by atoms with Crippen molar-refractivity contribution in [2.24, 2.45) is 0 Å². The van der Waals surface area contributed by atoms with Crippen molar-refractivity contribution in [3.63, 3.8) is 0 Å². The van der Waals surface area contributed by atoms with Gasteiger partial charge < -0.3 is 19.4 Å². The van der Waals surface area contributed by atoms with Crippen molar-refractivity contribution >= 4 is 16.8 Å². The second-order valence-corrected chi connectivity index (χ2v) is 11.1. The van der Waals surface area contributed by atoms with E-state index in [0.717, 1.165) is 38.7 Å². The van der Waals surface area contributed by atoms with Gasteiger partial charge in [0.25, 0.3) is 0 Å². The van der Waals surface area contributed by atoms with Crippen LogP contribution in [0, 0.1) is 5.82 Å². The van der Waals surface area contributed by atoms with Gasteiger partial charge in [-0.3, -0.25) is 4.79 Å². The van der Waals surface area contributed by atoms with Crippen LogP contribution in [0.1, 0.15) is 40.2 Å². The molecular weight excluding hydrogens is 563 g/mol. The third kappa shape index (κ3) is 7.24. The highest BCUT2D eigenvalue weighted by Crippen LogP contribution is 2.39. The van der Waals surface area contributed by atoms with E-state index >= 15 is 0 Å². The van der Waals surface area contributed by atoms with Crippen LogP contribution >= 0.6 is 0 Å². The SMILES string of the molecule is COc1cc([C@H](CC(=O)NCc2ccccc2)c2cn(Cc3ccc(F)cc3)c3ccccc23)ccc1OCc1ccccc1. The molecule has 0 aliphatic rings. The number of aromatic nitrogens is 1. The van der Waals surface area contributed by atoms with Crippen molar-refractivity contribution in [3.05, 3.63) is 167 Å². The summed E-state index contributed by atoms with van der Waals surface area (Å²) < 4.78 is 27.7. The number of fused-ring (bicyclic) bond motifs is 1. The van der Waals surface area contributed by atoms with Crippen LogP contribution in [0.3, 0.4) is 0 Å². The first-order valence-electron chi connectivity index (χ1n) is 15.0. The zero-order chi connectivity index (χ0) is 31.0. The van der Waals surface area contributed by atoms with Crippen molar-refractivity contribution < 1.29 is 18.7 Å². The lowest BCUT2D eigenvalue weighted by Gasteiger charge is -2.20. The Hall–Kier alpha value is -5.36. The third-order valence-electron chi connectivity index (χ3n) is 8.01. The van der Waals surface area contributed by atoms with E-state index in [4.69, 9.17) is 9.47 Å². The van der Waals surface area contributed by atoms with Crippen molar-refractivity contribution in [2.45, 2.75) is 32.0 Å². The Labute approximate surface area is 262 Å². The summed E-state index contributed by atoms with van der Waals surface area (Å²) in [6.07, 6.45) is 2.36. The van der Waals surface area contributed by atoms with Gasteiger partial charge in [0, 0.05) is 42.5 Å². The molecule has 0 saturated heterocycles. The highest BCUT2D eigenvalue weighted by molar-refractivity contribution is 5.87. The van der Waals surface area contributed by atoms with E-state index in [1.165, 1.54) is 12.1 Å². The number of hydrogen-bond acceptors (Lipinski definition) is 3. The molecule has 1 aromatic heterocycles. The molecule has 1 amide bonds. The van der Waals surface area contributed by atoms with Gasteiger partial charge in [-0.05, 0) is 58.1 Å². The van der Waals surface area contributed by atoms with Gasteiger partial charge >= 0.3 is 0 Å². The second kappa shape index (κ2) is 14.0. The molecule has 45 heavy (non-hydrogen) atoms. The first-order valence-corrected chi connectivity index (χ1v) is 15.0. The molecule has 0 unspecified atom stereocenters. The molecule has 6 heteroatoms. The van der Waals surface area contributed by atoms with Crippen molar-refractivity contribution in [1.82, 2.24) is 9.88 Å². The smallest absolute Gasteiger partial charge is 0.221 e. The monoisotopic (exact) mass is 598 g/mol. The molecule has 0 radical (unpaired) electrons. The molecule has 1 atom stereocenters. The molecule has 1 heterocycles. The average Bonchev–Trinajstić information content (AvgIpc) is 3.45. The zero-order valence-electron chi connectivity index (χ0n) is 25.2. The van der Waals surface area contributed by atoms with Gasteiger partial charge in [-0.1, -0.05) is 97.1 Å². The van der Waals surface area contributed by atoms with E-state index in [-0.39, 0.29) is 24.1 Å². The van der Waals surface area contributed by atoms with Crippen LogP contribution in [0.4, 0.5) is 4.39 Å². The fourth-order valence-electron chi connectivity index (χ4n) is 5.69. The first kappa shape index (κ1) is 29.7. The molecule has 0 aliphatic heterocycles. The van der Waals surface area contributed by atoms with Gasteiger partial charge in [-0.25, -0.2) is 4.39 Å². The Kier molecular flexibility index (Phi) is 9.21. The predicted octanol–water partition coefficient (Wildman–Crippen LogP) is 8.25. The lowest BCUT2D eigenvalue weighted by Crippen LogP contribution is -2.25. The summed E-state index contributed by atoms with van der Waals surface area (Å²) in [6.45, 7) is 1.44. The summed E-state index contributed by atoms with van der Waals surface area (Å²) in [5.41, 5.74) is 6.11. The largest absolute Gasteiger partial charge is 0.493 e. The molecule has 226 valence electrons. The standard InChI is InChI=1S/C39H35FN2O3/c1-44-38-22-31(18-21-37(38)45-27-30-12-6-3-7-13-30)34(23-39(43)41-24-28-10-4-2-5-11-28)35-26-42(36-15-9-8-14-33(35)36)25-29-16-19-32(40)20-17-29/h2-22,26,34H,23-25,27H2,1H3,(H,41,43)/t34-/m0/s1. The highest BCUT2D eigenvalue weighted by atomic mass is 19.1. The summed E-state index contributed by atoms with van der Waals surface area (Å²) in [7, 11) is 1.63. The number of methoxy groups -OCH3 is 1.